The summed E-state index contributed by atoms with van der Waals surface area (Å²) in [5.74, 6) is 0.504. The second kappa shape index (κ2) is 10.8. The average Bonchev–Trinajstić information content (AvgIpc) is 3.27. The molecule has 8 nitrogen and oxygen atoms in total. The lowest BCUT2D eigenvalue weighted by atomic mass is 10.1. The van der Waals surface area contributed by atoms with Crippen LogP contribution in [0.1, 0.15) is 22.8 Å². The molecule has 0 radical (unpaired) electrons. The lowest BCUT2D eigenvalue weighted by Gasteiger charge is -2.10. The zero-order valence-corrected chi connectivity index (χ0v) is 19.7. The first-order chi connectivity index (χ1) is 16.5. The second-order valence-electron chi connectivity index (χ2n) is 7.53. The van der Waals surface area contributed by atoms with Gasteiger partial charge in [0.15, 0.2) is 11.0 Å². The number of aromatic nitrogens is 4. The number of hydrogen-bond donors (Lipinski definition) is 2. The molecule has 0 aliphatic rings. The Labute approximate surface area is 201 Å². The van der Waals surface area contributed by atoms with Crippen molar-refractivity contribution in [2.75, 3.05) is 16.4 Å². The van der Waals surface area contributed by atoms with Gasteiger partial charge in [-0.1, -0.05) is 35.5 Å². The van der Waals surface area contributed by atoms with Crippen LogP contribution in [0.2, 0.25) is 0 Å². The summed E-state index contributed by atoms with van der Waals surface area (Å²) in [5, 5.41) is 14.9. The first-order valence-corrected chi connectivity index (χ1v) is 11.8. The van der Waals surface area contributed by atoms with Crippen molar-refractivity contribution < 1.29 is 9.59 Å². The van der Waals surface area contributed by atoms with E-state index in [4.69, 9.17) is 0 Å². The standard InChI is InChI=1S/C25H24N6O2S/c1-3-31-23(19-6-5-13-26-15-19)29-30-25(31)34-16-22(32)27-20-7-4-8-21(14-20)28-24(33)18-11-9-17(2)10-12-18/h4-15H,3,16H2,1-2H3,(H,27,32)(H,28,33). The largest absolute Gasteiger partial charge is 0.325 e. The van der Waals surface area contributed by atoms with Gasteiger partial charge in [-0.2, -0.15) is 0 Å². The number of anilines is 2. The van der Waals surface area contributed by atoms with Gasteiger partial charge in [0.1, 0.15) is 0 Å². The highest BCUT2D eigenvalue weighted by atomic mass is 32.2. The van der Waals surface area contributed by atoms with E-state index in [2.05, 4.69) is 25.8 Å². The molecule has 34 heavy (non-hydrogen) atoms. The summed E-state index contributed by atoms with van der Waals surface area (Å²) < 4.78 is 1.95. The van der Waals surface area contributed by atoms with E-state index in [1.807, 2.05) is 42.7 Å². The summed E-state index contributed by atoms with van der Waals surface area (Å²) in [7, 11) is 0. The molecule has 4 rings (SSSR count). The highest BCUT2D eigenvalue weighted by molar-refractivity contribution is 7.99. The Kier molecular flexibility index (Phi) is 7.34. The number of thioether (sulfide) groups is 1. The second-order valence-corrected chi connectivity index (χ2v) is 8.47. The molecule has 0 saturated heterocycles. The summed E-state index contributed by atoms with van der Waals surface area (Å²) in [6.45, 7) is 4.64. The molecule has 4 aromatic rings. The summed E-state index contributed by atoms with van der Waals surface area (Å²) in [4.78, 5) is 29.2. The Morgan fingerprint density at radius 3 is 2.44 bits per heavy atom. The minimum atomic E-state index is -0.206. The molecule has 2 aromatic heterocycles. The van der Waals surface area contributed by atoms with Crippen LogP contribution in [-0.4, -0.2) is 37.3 Å². The number of pyridine rings is 1. The van der Waals surface area contributed by atoms with Crippen molar-refractivity contribution in [1.29, 1.82) is 0 Å². The zero-order valence-electron chi connectivity index (χ0n) is 18.9. The van der Waals surface area contributed by atoms with Gasteiger partial charge in [0.05, 0.1) is 5.75 Å². The summed E-state index contributed by atoms with van der Waals surface area (Å²) in [6.07, 6.45) is 3.45. The van der Waals surface area contributed by atoms with E-state index >= 15 is 0 Å². The smallest absolute Gasteiger partial charge is 0.255 e. The van der Waals surface area contributed by atoms with Gasteiger partial charge in [0.2, 0.25) is 5.91 Å². The van der Waals surface area contributed by atoms with Crippen LogP contribution < -0.4 is 10.6 Å². The number of rotatable bonds is 8. The van der Waals surface area contributed by atoms with Gasteiger partial charge in [-0.25, -0.2) is 0 Å². The summed E-state index contributed by atoms with van der Waals surface area (Å²) >= 11 is 1.31. The third-order valence-corrected chi connectivity index (χ3v) is 5.97. The number of aryl methyl sites for hydroxylation is 1. The van der Waals surface area contributed by atoms with E-state index in [0.717, 1.165) is 17.0 Å². The highest BCUT2D eigenvalue weighted by Crippen LogP contribution is 2.24. The van der Waals surface area contributed by atoms with E-state index in [-0.39, 0.29) is 17.6 Å². The fraction of sp³-hybridized carbons (Fsp3) is 0.160. The van der Waals surface area contributed by atoms with Crippen molar-refractivity contribution in [2.24, 2.45) is 0 Å². The van der Waals surface area contributed by atoms with Crippen LogP contribution in [-0.2, 0) is 11.3 Å². The van der Waals surface area contributed by atoms with Gasteiger partial charge in [-0.15, -0.1) is 10.2 Å². The molecule has 2 N–H and O–H groups in total. The molecule has 0 spiro atoms. The van der Waals surface area contributed by atoms with Crippen molar-refractivity contribution in [3.05, 3.63) is 84.2 Å². The van der Waals surface area contributed by atoms with Crippen LogP contribution in [0.5, 0.6) is 0 Å². The number of nitrogens with one attached hydrogen (secondary N) is 2. The lowest BCUT2D eigenvalue weighted by Crippen LogP contribution is -2.15. The van der Waals surface area contributed by atoms with Crippen molar-refractivity contribution in [3.8, 4) is 11.4 Å². The summed E-state index contributed by atoms with van der Waals surface area (Å²) in [6, 6.07) is 18.2. The molecule has 9 heteroatoms. The summed E-state index contributed by atoms with van der Waals surface area (Å²) in [5.41, 5.74) is 3.73. The molecule has 2 amide bonds. The Bertz CT molecular complexity index is 1290. The fourth-order valence-corrected chi connectivity index (χ4v) is 4.10. The fourth-order valence-electron chi connectivity index (χ4n) is 3.30. The van der Waals surface area contributed by atoms with Crippen molar-refractivity contribution >= 4 is 35.0 Å². The Balaban J connectivity index is 1.36. The van der Waals surface area contributed by atoms with Crippen LogP contribution in [0.4, 0.5) is 11.4 Å². The maximum absolute atomic E-state index is 12.6. The average molecular weight is 473 g/mol. The molecular formula is C25H24N6O2S. The number of hydrogen-bond acceptors (Lipinski definition) is 6. The molecule has 172 valence electrons. The SMILES string of the molecule is CCn1c(SCC(=O)Nc2cccc(NC(=O)c3ccc(C)cc3)c2)nnc1-c1cccnc1. The van der Waals surface area contributed by atoms with Crippen LogP contribution >= 0.6 is 11.8 Å². The predicted octanol–water partition coefficient (Wildman–Crippen LogP) is 4.65. The first-order valence-electron chi connectivity index (χ1n) is 10.8. The zero-order chi connectivity index (χ0) is 23.9. The van der Waals surface area contributed by atoms with Crippen molar-refractivity contribution in [1.82, 2.24) is 19.7 Å². The van der Waals surface area contributed by atoms with E-state index in [0.29, 0.717) is 28.6 Å². The minimum Gasteiger partial charge on any atom is -0.325 e. The minimum absolute atomic E-state index is 0.172. The molecular weight excluding hydrogens is 448 g/mol. The number of amides is 2. The number of benzene rings is 2. The Hall–Kier alpha value is -3.98. The molecule has 2 heterocycles. The molecule has 2 aromatic carbocycles. The maximum Gasteiger partial charge on any atom is 0.255 e. The Morgan fingerprint density at radius 2 is 1.74 bits per heavy atom. The first kappa shape index (κ1) is 23.2. The van der Waals surface area contributed by atoms with Crippen LogP contribution in [0, 0.1) is 6.92 Å². The van der Waals surface area contributed by atoms with E-state index in [1.54, 1.807) is 48.8 Å². The highest BCUT2D eigenvalue weighted by Gasteiger charge is 2.15. The van der Waals surface area contributed by atoms with Gasteiger partial charge in [-0.05, 0) is 56.3 Å². The van der Waals surface area contributed by atoms with E-state index in [1.165, 1.54) is 11.8 Å². The molecule has 0 fully saturated rings. The van der Waals surface area contributed by atoms with Crippen molar-refractivity contribution in [2.45, 2.75) is 25.5 Å². The molecule has 0 aliphatic carbocycles. The third-order valence-electron chi connectivity index (χ3n) is 5.00. The quantitative estimate of drug-likeness (QED) is 0.362. The van der Waals surface area contributed by atoms with Gasteiger partial charge >= 0.3 is 0 Å². The van der Waals surface area contributed by atoms with E-state index in [9.17, 15) is 9.59 Å². The van der Waals surface area contributed by atoms with Gasteiger partial charge < -0.3 is 15.2 Å². The monoisotopic (exact) mass is 472 g/mol. The number of carbonyl (C=O) groups excluding carboxylic acids is 2. The van der Waals surface area contributed by atoms with Crippen LogP contribution in [0.3, 0.4) is 0 Å². The number of carbonyl (C=O) groups is 2. The van der Waals surface area contributed by atoms with Gasteiger partial charge in [0, 0.05) is 41.4 Å². The predicted molar refractivity (Wildman–Crippen MR) is 134 cm³/mol. The molecule has 0 aliphatic heterocycles. The molecule has 0 unspecified atom stereocenters. The maximum atomic E-state index is 12.6. The van der Waals surface area contributed by atoms with Crippen molar-refractivity contribution in [3.63, 3.8) is 0 Å². The molecule has 0 saturated carbocycles. The van der Waals surface area contributed by atoms with Crippen LogP contribution in [0.15, 0.2) is 78.2 Å². The number of nitrogens with zero attached hydrogens (tertiary/aromatic N) is 4. The third kappa shape index (κ3) is 5.68. The molecule has 0 bridgehead atoms. The van der Waals surface area contributed by atoms with E-state index < -0.39 is 0 Å². The van der Waals surface area contributed by atoms with Gasteiger partial charge in [-0.3, -0.25) is 14.6 Å². The normalized spacial score (nSPS) is 10.6. The molecule has 0 atom stereocenters. The van der Waals surface area contributed by atoms with Gasteiger partial charge in [0.25, 0.3) is 5.91 Å². The Morgan fingerprint density at radius 1 is 0.971 bits per heavy atom. The lowest BCUT2D eigenvalue weighted by molar-refractivity contribution is -0.113. The topological polar surface area (TPSA) is 102 Å². The van der Waals surface area contributed by atoms with Crippen LogP contribution in [0.25, 0.3) is 11.4 Å².